The second kappa shape index (κ2) is 7.78. The summed E-state index contributed by atoms with van der Waals surface area (Å²) in [7, 11) is -3.64. The van der Waals surface area contributed by atoms with E-state index in [2.05, 4.69) is 30.1 Å². The van der Waals surface area contributed by atoms with Gasteiger partial charge in [-0.05, 0) is 50.6 Å². The molecule has 1 fully saturated rings. The van der Waals surface area contributed by atoms with Crippen LogP contribution in [0.5, 0.6) is 0 Å². The Morgan fingerprint density at radius 3 is 2.32 bits per heavy atom. The number of halogens is 1. The van der Waals surface area contributed by atoms with Gasteiger partial charge in [-0.15, -0.1) is 12.4 Å². The maximum Gasteiger partial charge on any atom is 0.268 e. The highest BCUT2D eigenvalue weighted by Gasteiger charge is 2.27. The fourth-order valence-electron chi connectivity index (χ4n) is 4.12. The summed E-state index contributed by atoms with van der Waals surface area (Å²) in [6.07, 6.45) is 1.67. The lowest BCUT2D eigenvalue weighted by molar-refractivity contribution is 0.433. The van der Waals surface area contributed by atoms with E-state index in [9.17, 15) is 8.42 Å². The molecule has 3 aromatic rings. The molecule has 1 saturated heterocycles. The Balaban J connectivity index is 0.00000225. The lowest BCUT2D eigenvalue weighted by Gasteiger charge is -2.41. The number of benzene rings is 2. The number of piperazine rings is 1. The summed E-state index contributed by atoms with van der Waals surface area (Å²) >= 11 is 0. The number of hydrogen-bond acceptors (Lipinski definition) is 4. The molecule has 1 N–H and O–H groups in total. The highest BCUT2D eigenvalue weighted by molar-refractivity contribution is 7.90. The summed E-state index contributed by atoms with van der Waals surface area (Å²) in [6.45, 7) is 8.06. The van der Waals surface area contributed by atoms with Crippen LogP contribution in [0.25, 0.3) is 10.9 Å². The second-order valence-electron chi connectivity index (χ2n) is 7.36. The zero-order valence-corrected chi connectivity index (χ0v) is 17.9. The van der Waals surface area contributed by atoms with Gasteiger partial charge in [0.25, 0.3) is 10.0 Å². The van der Waals surface area contributed by atoms with Crippen LogP contribution in [0.2, 0.25) is 0 Å². The predicted molar refractivity (Wildman–Crippen MR) is 117 cm³/mol. The van der Waals surface area contributed by atoms with Gasteiger partial charge in [0.1, 0.15) is 0 Å². The van der Waals surface area contributed by atoms with Crippen LogP contribution >= 0.6 is 12.4 Å². The fourth-order valence-corrected chi connectivity index (χ4v) is 5.70. The van der Waals surface area contributed by atoms with E-state index < -0.39 is 10.0 Å². The van der Waals surface area contributed by atoms with Gasteiger partial charge in [0.05, 0.1) is 10.4 Å². The van der Waals surface area contributed by atoms with Crippen LogP contribution in [-0.4, -0.2) is 37.6 Å². The van der Waals surface area contributed by atoms with Crippen molar-refractivity contribution < 1.29 is 8.42 Å². The molecule has 0 amide bonds. The zero-order valence-electron chi connectivity index (χ0n) is 16.3. The average molecular weight is 420 g/mol. The van der Waals surface area contributed by atoms with Crippen molar-refractivity contribution in [3.8, 4) is 0 Å². The minimum atomic E-state index is -3.64. The third-order valence-corrected chi connectivity index (χ3v) is 7.26. The Labute approximate surface area is 172 Å². The predicted octanol–water partition coefficient (Wildman–Crippen LogP) is 3.80. The van der Waals surface area contributed by atoms with Gasteiger partial charge in [0.15, 0.2) is 0 Å². The molecule has 28 heavy (non-hydrogen) atoms. The number of aryl methyl sites for hydroxylation is 1. The van der Waals surface area contributed by atoms with Gasteiger partial charge in [-0.2, -0.15) is 0 Å². The molecule has 1 aromatic heterocycles. The standard InChI is InChI=1S/C21H25N3O2S.ClH/c1-15-7-4-5-10-21(15)27(25,26)23-12-11-18-19(23)8-6-9-20(18)24-16(2)13-22-14-17(24)3;/h4-12,16-17,22H,13-14H2,1-3H3;1H. The van der Waals surface area contributed by atoms with Crippen LogP contribution in [0.4, 0.5) is 5.69 Å². The first-order chi connectivity index (χ1) is 12.9. The van der Waals surface area contributed by atoms with Gasteiger partial charge in [-0.1, -0.05) is 24.3 Å². The van der Waals surface area contributed by atoms with Crippen LogP contribution in [0.1, 0.15) is 19.4 Å². The molecule has 150 valence electrons. The van der Waals surface area contributed by atoms with E-state index in [1.54, 1.807) is 18.3 Å². The van der Waals surface area contributed by atoms with E-state index in [0.717, 1.165) is 29.7 Å². The monoisotopic (exact) mass is 419 g/mol. The van der Waals surface area contributed by atoms with Crippen molar-refractivity contribution in [2.75, 3.05) is 18.0 Å². The maximum absolute atomic E-state index is 13.3. The van der Waals surface area contributed by atoms with Gasteiger partial charge in [-0.25, -0.2) is 12.4 Å². The Kier molecular flexibility index (Phi) is 5.75. The molecule has 2 atom stereocenters. The SMILES string of the molecule is Cc1ccccc1S(=O)(=O)n1ccc2c(N3C(C)CNCC3C)cccc21.Cl. The summed E-state index contributed by atoms with van der Waals surface area (Å²) in [6, 6.07) is 15.6. The van der Waals surface area contributed by atoms with E-state index in [0.29, 0.717) is 22.5 Å². The van der Waals surface area contributed by atoms with E-state index in [-0.39, 0.29) is 12.4 Å². The van der Waals surface area contributed by atoms with Gasteiger partial charge in [-0.3, -0.25) is 0 Å². The topological polar surface area (TPSA) is 54.3 Å². The van der Waals surface area contributed by atoms with E-state index in [1.807, 2.05) is 37.3 Å². The minimum Gasteiger partial charge on any atom is -0.363 e. The van der Waals surface area contributed by atoms with Crippen LogP contribution < -0.4 is 10.2 Å². The fraction of sp³-hybridized carbons (Fsp3) is 0.333. The summed E-state index contributed by atoms with van der Waals surface area (Å²) < 4.78 is 28.0. The summed E-state index contributed by atoms with van der Waals surface area (Å²) in [4.78, 5) is 2.74. The Bertz CT molecular complexity index is 1080. The van der Waals surface area contributed by atoms with Crippen molar-refractivity contribution in [2.24, 2.45) is 0 Å². The Hall–Kier alpha value is -2.02. The molecule has 7 heteroatoms. The number of hydrogen-bond donors (Lipinski definition) is 1. The van der Waals surface area contributed by atoms with Crippen molar-refractivity contribution in [2.45, 2.75) is 37.8 Å². The van der Waals surface area contributed by atoms with E-state index >= 15 is 0 Å². The van der Waals surface area contributed by atoms with E-state index in [1.165, 1.54) is 3.97 Å². The normalized spacial score (nSPS) is 20.2. The first kappa shape index (κ1) is 20.7. The summed E-state index contributed by atoms with van der Waals surface area (Å²) in [5, 5.41) is 4.41. The first-order valence-corrected chi connectivity index (χ1v) is 10.8. The minimum absolute atomic E-state index is 0. The molecule has 0 spiro atoms. The second-order valence-corrected chi connectivity index (χ2v) is 9.14. The molecule has 2 aromatic carbocycles. The number of nitrogens with zero attached hydrogens (tertiary/aromatic N) is 2. The molecule has 5 nitrogen and oxygen atoms in total. The van der Waals surface area contributed by atoms with Gasteiger partial charge in [0, 0.05) is 42.4 Å². The number of rotatable bonds is 3. The Morgan fingerprint density at radius 2 is 1.64 bits per heavy atom. The number of anilines is 1. The maximum atomic E-state index is 13.3. The van der Waals surface area contributed by atoms with Crippen molar-refractivity contribution in [1.82, 2.24) is 9.29 Å². The lowest BCUT2D eigenvalue weighted by Crippen LogP contribution is -2.55. The van der Waals surface area contributed by atoms with Crippen LogP contribution in [0.15, 0.2) is 59.6 Å². The van der Waals surface area contributed by atoms with E-state index in [4.69, 9.17) is 0 Å². The van der Waals surface area contributed by atoms with Gasteiger partial charge < -0.3 is 10.2 Å². The van der Waals surface area contributed by atoms with Crippen molar-refractivity contribution in [3.05, 3.63) is 60.3 Å². The molecule has 0 radical (unpaired) electrons. The first-order valence-electron chi connectivity index (χ1n) is 9.31. The molecule has 0 saturated carbocycles. The van der Waals surface area contributed by atoms with Crippen LogP contribution in [-0.2, 0) is 10.0 Å². The smallest absolute Gasteiger partial charge is 0.268 e. The third kappa shape index (κ3) is 3.30. The average Bonchev–Trinajstić information content (AvgIpc) is 3.07. The van der Waals surface area contributed by atoms with Crippen LogP contribution in [0, 0.1) is 6.92 Å². The number of aromatic nitrogens is 1. The molecule has 2 unspecified atom stereocenters. The number of nitrogens with one attached hydrogen (secondary N) is 1. The van der Waals surface area contributed by atoms with Crippen molar-refractivity contribution in [3.63, 3.8) is 0 Å². The van der Waals surface area contributed by atoms with Gasteiger partial charge >= 0.3 is 0 Å². The molecule has 0 aliphatic carbocycles. The van der Waals surface area contributed by atoms with Gasteiger partial charge in [0.2, 0.25) is 0 Å². The lowest BCUT2D eigenvalue weighted by atomic mass is 10.1. The molecule has 0 bridgehead atoms. The van der Waals surface area contributed by atoms with Crippen molar-refractivity contribution >= 4 is 39.0 Å². The number of fused-ring (bicyclic) bond motifs is 1. The molecular weight excluding hydrogens is 394 g/mol. The zero-order chi connectivity index (χ0) is 19.2. The highest BCUT2D eigenvalue weighted by Crippen LogP contribution is 2.33. The molecule has 2 heterocycles. The largest absolute Gasteiger partial charge is 0.363 e. The quantitative estimate of drug-likeness (QED) is 0.701. The van der Waals surface area contributed by atoms with Crippen LogP contribution in [0.3, 0.4) is 0 Å². The molecule has 1 aliphatic heterocycles. The molecule has 1 aliphatic rings. The van der Waals surface area contributed by atoms with Crippen molar-refractivity contribution in [1.29, 1.82) is 0 Å². The molecule has 4 rings (SSSR count). The highest BCUT2D eigenvalue weighted by atomic mass is 35.5. The Morgan fingerprint density at radius 1 is 0.964 bits per heavy atom. The summed E-state index contributed by atoms with van der Waals surface area (Å²) in [5.41, 5.74) is 2.56. The summed E-state index contributed by atoms with van der Waals surface area (Å²) in [5.74, 6) is 0. The molecular formula is C21H26ClN3O2S. The third-order valence-electron chi connectivity index (χ3n) is 5.41.